The van der Waals surface area contributed by atoms with E-state index in [1.165, 1.54) is 11.3 Å². The number of benzene rings is 1. The molecule has 1 aliphatic rings. The predicted octanol–water partition coefficient (Wildman–Crippen LogP) is 2.52. The van der Waals surface area contributed by atoms with Gasteiger partial charge in [-0.3, -0.25) is 9.59 Å². The number of amides is 2. The van der Waals surface area contributed by atoms with E-state index in [0.717, 1.165) is 11.3 Å². The first kappa shape index (κ1) is 21.8. The monoisotopic (exact) mass is 415 g/mol. The zero-order valence-corrected chi connectivity index (χ0v) is 18.0. The molecule has 1 atom stereocenters. The van der Waals surface area contributed by atoms with E-state index in [2.05, 4.69) is 18.8 Å². The van der Waals surface area contributed by atoms with Gasteiger partial charge in [0.15, 0.2) is 6.39 Å². The average Bonchev–Trinajstić information content (AvgIpc) is 3.08. The number of carbonyl (C=O) groups excluding carboxylic acids is 2. The third kappa shape index (κ3) is 5.38. The van der Waals surface area contributed by atoms with Crippen LogP contribution in [-0.4, -0.2) is 66.0 Å². The molecule has 162 valence electrons. The molecule has 0 spiro atoms. The molecule has 1 aromatic carbocycles. The van der Waals surface area contributed by atoms with Gasteiger partial charge in [0, 0.05) is 19.6 Å². The molecule has 1 saturated heterocycles. The van der Waals surface area contributed by atoms with E-state index in [-0.39, 0.29) is 30.2 Å². The molecular weight excluding hydrogens is 386 g/mol. The smallest absolute Gasteiger partial charge is 0.292 e. The lowest BCUT2D eigenvalue weighted by Crippen LogP contribution is -2.40. The number of aryl methyl sites for hydroxylation is 1. The van der Waals surface area contributed by atoms with E-state index in [9.17, 15) is 9.59 Å². The molecule has 30 heavy (non-hydrogen) atoms. The van der Waals surface area contributed by atoms with Gasteiger partial charge in [-0.25, -0.2) is 4.98 Å². The Labute approximate surface area is 176 Å². The second-order valence-electron chi connectivity index (χ2n) is 7.93. The van der Waals surface area contributed by atoms with Gasteiger partial charge in [-0.05, 0) is 30.5 Å². The fraction of sp³-hybridized carbons (Fsp3) is 0.500. The first-order valence-electron chi connectivity index (χ1n) is 10.1. The van der Waals surface area contributed by atoms with Gasteiger partial charge >= 0.3 is 0 Å². The standard InChI is InChI=1S/C22H29N3O5/c1-15(2)9-24-10-19(29-13-17-6-5-7-18(8-17)28-4)11-25(12-20(24)26)22(27)21-16(3)23-14-30-21/h5-8,14-15,19H,9-13H2,1-4H3/t19-/m0/s1. The van der Waals surface area contributed by atoms with Gasteiger partial charge in [0.05, 0.1) is 25.5 Å². The highest BCUT2D eigenvalue weighted by molar-refractivity contribution is 5.95. The summed E-state index contributed by atoms with van der Waals surface area (Å²) in [5, 5.41) is 0. The maximum Gasteiger partial charge on any atom is 0.292 e. The highest BCUT2D eigenvalue weighted by atomic mass is 16.5. The number of oxazole rings is 1. The Bertz CT molecular complexity index is 879. The fourth-order valence-corrected chi connectivity index (χ4v) is 3.48. The van der Waals surface area contributed by atoms with Gasteiger partial charge in [-0.2, -0.15) is 0 Å². The van der Waals surface area contributed by atoms with Crippen molar-refractivity contribution in [1.82, 2.24) is 14.8 Å². The van der Waals surface area contributed by atoms with Crippen molar-refractivity contribution < 1.29 is 23.5 Å². The van der Waals surface area contributed by atoms with Gasteiger partial charge in [-0.15, -0.1) is 0 Å². The largest absolute Gasteiger partial charge is 0.497 e. The highest BCUT2D eigenvalue weighted by Gasteiger charge is 2.33. The van der Waals surface area contributed by atoms with Crippen LogP contribution in [0.1, 0.15) is 35.7 Å². The number of carbonyl (C=O) groups is 2. The molecule has 0 radical (unpaired) electrons. The van der Waals surface area contributed by atoms with Crippen LogP contribution in [-0.2, 0) is 16.1 Å². The Morgan fingerprint density at radius 2 is 2.13 bits per heavy atom. The summed E-state index contributed by atoms with van der Waals surface area (Å²) in [5.41, 5.74) is 1.47. The van der Waals surface area contributed by atoms with E-state index < -0.39 is 0 Å². The van der Waals surface area contributed by atoms with Crippen molar-refractivity contribution in [1.29, 1.82) is 0 Å². The third-order valence-electron chi connectivity index (χ3n) is 4.96. The lowest BCUT2D eigenvalue weighted by molar-refractivity contribution is -0.132. The predicted molar refractivity (Wildman–Crippen MR) is 110 cm³/mol. The van der Waals surface area contributed by atoms with E-state index in [1.54, 1.807) is 18.9 Å². The molecule has 1 aromatic heterocycles. The minimum Gasteiger partial charge on any atom is -0.497 e. The van der Waals surface area contributed by atoms with E-state index in [4.69, 9.17) is 13.9 Å². The van der Waals surface area contributed by atoms with Crippen LogP contribution in [0, 0.1) is 12.8 Å². The van der Waals surface area contributed by atoms with Crippen molar-refractivity contribution in [2.75, 3.05) is 33.3 Å². The topological polar surface area (TPSA) is 85.1 Å². The molecule has 1 fully saturated rings. The molecule has 3 rings (SSSR count). The van der Waals surface area contributed by atoms with Crippen LogP contribution in [0.3, 0.4) is 0 Å². The van der Waals surface area contributed by atoms with Gasteiger partial charge in [-0.1, -0.05) is 26.0 Å². The summed E-state index contributed by atoms with van der Waals surface area (Å²) in [6.07, 6.45) is 0.915. The number of rotatable bonds is 7. The maximum absolute atomic E-state index is 13.0. The van der Waals surface area contributed by atoms with E-state index in [1.807, 2.05) is 24.3 Å². The van der Waals surface area contributed by atoms with Crippen LogP contribution in [0.2, 0.25) is 0 Å². The summed E-state index contributed by atoms with van der Waals surface area (Å²) >= 11 is 0. The number of ether oxygens (including phenoxy) is 2. The second kappa shape index (κ2) is 9.75. The number of hydrogen-bond acceptors (Lipinski definition) is 6. The summed E-state index contributed by atoms with van der Waals surface area (Å²) < 4.78 is 16.7. The van der Waals surface area contributed by atoms with Crippen LogP contribution in [0.25, 0.3) is 0 Å². The number of aromatic nitrogens is 1. The molecule has 2 amide bonds. The summed E-state index contributed by atoms with van der Waals surface area (Å²) in [6, 6.07) is 7.64. The zero-order valence-electron chi connectivity index (χ0n) is 18.0. The summed E-state index contributed by atoms with van der Waals surface area (Å²) in [7, 11) is 1.62. The molecule has 8 nitrogen and oxygen atoms in total. The molecule has 0 bridgehead atoms. The lowest BCUT2D eigenvalue weighted by atomic mass is 10.2. The summed E-state index contributed by atoms with van der Waals surface area (Å²) in [6.45, 7) is 7.51. The number of hydrogen-bond donors (Lipinski definition) is 0. The Morgan fingerprint density at radius 3 is 2.80 bits per heavy atom. The quantitative estimate of drug-likeness (QED) is 0.691. The normalized spacial score (nSPS) is 17.4. The Morgan fingerprint density at radius 1 is 1.33 bits per heavy atom. The van der Waals surface area contributed by atoms with Crippen LogP contribution in [0.4, 0.5) is 0 Å². The van der Waals surface area contributed by atoms with Crippen molar-refractivity contribution in [2.24, 2.45) is 5.92 Å². The summed E-state index contributed by atoms with van der Waals surface area (Å²) in [4.78, 5) is 33.1. The van der Waals surface area contributed by atoms with Crippen LogP contribution >= 0.6 is 0 Å². The van der Waals surface area contributed by atoms with Crippen LogP contribution in [0.15, 0.2) is 35.1 Å². The molecule has 2 aromatic rings. The molecule has 0 N–H and O–H groups in total. The first-order chi connectivity index (χ1) is 14.4. The molecule has 0 saturated carbocycles. The van der Waals surface area contributed by atoms with Gasteiger partial charge < -0.3 is 23.7 Å². The number of nitrogens with zero attached hydrogens (tertiary/aromatic N) is 3. The van der Waals surface area contributed by atoms with Gasteiger partial charge in [0.25, 0.3) is 5.91 Å². The molecule has 0 unspecified atom stereocenters. The maximum atomic E-state index is 13.0. The molecule has 1 aliphatic heterocycles. The van der Waals surface area contributed by atoms with Crippen molar-refractivity contribution in [2.45, 2.75) is 33.5 Å². The van der Waals surface area contributed by atoms with Crippen molar-refractivity contribution >= 4 is 11.8 Å². The Hall–Kier alpha value is -2.87. The minimum absolute atomic E-state index is 0.00921. The molecular formula is C22H29N3O5. The van der Waals surface area contributed by atoms with Crippen molar-refractivity contribution in [3.63, 3.8) is 0 Å². The molecule has 8 heteroatoms. The molecule has 0 aliphatic carbocycles. The minimum atomic E-state index is -0.347. The van der Waals surface area contributed by atoms with E-state index in [0.29, 0.717) is 37.9 Å². The lowest BCUT2D eigenvalue weighted by Gasteiger charge is -2.26. The SMILES string of the molecule is COc1cccc(CO[C@H]2CN(CC(C)C)C(=O)CN(C(=O)c3ocnc3C)C2)c1. The Balaban J connectivity index is 1.77. The van der Waals surface area contributed by atoms with Crippen LogP contribution < -0.4 is 4.74 Å². The summed E-state index contributed by atoms with van der Waals surface area (Å²) in [5.74, 6) is 0.783. The molecule has 2 heterocycles. The second-order valence-corrected chi connectivity index (χ2v) is 7.93. The van der Waals surface area contributed by atoms with Crippen LogP contribution in [0.5, 0.6) is 5.75 Å². The van der Waals surface area contributed by atoms with Crippen molar-refractivity contribution in [3.8, 4) is 5.75 Å². The first-order valence-corrected chi connectivity index (χ1v) is 10.1. The Kier molecular flexibility index (Phi) is 7.10. The van der Waals surface area contributed by atoms with E-state index >= 15 is 0 Å². The highest BCUT2D eigenvalue weighted by Crippen LogP contribution is 2.18. The fourth-order valence-electron chi connectivity index (χ4n) is 3.48. The van der Waals surface area contributed by atoms with Gasteiger partial charge in [0.1, 0.15) is 12.3 Å². The zero-order chi connectivity index (χ0) is 21.7. The third-order valence-corrected chi connectivity index (χ3v) is 4.96. The van der Waals surface area contributed by atoms with Gasteiger partial charge in [0.2, 0.25) is 11.7 Å². The number of methoxy groups -OCH3 is 1. The van der Waals surface area contributed by atoms with Crippen molar-refractivity contribution in [3.05, 3.63) is 47.7 Å². The average molecular weight is 415 g/mol.